The van der Waals surface area contributed by atoms with E-state index in [1.165, 1.54) is 0 Å². The first kappa shape index (κ1) is 19.0. The van der Waals surface area contributed by atoms with Gasteiger partial charge in [-0.2, -0.15) is 26.3 Å². The largest absolute Gasteiger partial charge is 0.426 e. The Hall–Kier alpha value is -0.790. The van der Waals surface area contributed by atoms with Crippen LogP contribution in [-0.2, 0) is 4.79 Å². The summed E-state index contributed by atoms with van der Waals surface area (Å²) in [5.74, 6) is -0.576. The van der Waals surface area contributed by atoms with Gasteiger partial charge in [0.25, 0.3) is 5.60 Å². The van der Waals surface area contributed by atoms with Crippen LogP contribution in [0.1, 0.15) is 58.3 Å². The number of hydrogen-bond acceptors (Lipinski definition) is 2. The van der Waals surface area contributed by atoms with Crippen LogP contribution in [0.4, 0.5) is 26.3 Å². The first-order valence-corrected chi connectivity index (χ1v) is 8.65. The van der Waals surface area contributed by atoms with Gasteiger partial charge in [-0.25, -0.2) is 0 Å². The van der Waals surface area contributed by atoms with Gasteiger partial charge in [0.1, 0.15) is 5.78 Å². The van der Waals surface area contributed by atoms with Crippen LogP contribution in [-0.4, -0.2) is 28.8 Å². The van der Waals surface area contributed by atoms with Crippen LogP contribution in [0.25, 0.3) is 0 Å². The summed E-state index contributed by atoms with van der Waals surface area (Å²) in [5, 5.41) is 9.64. The van der Waals surface area contributed by atoms with Crippen LogP contribution in [0.15, 0.2) is 0 Å². The summed E-state index contributed by atoms with van der Waals surface area (Å²) in [4.78, 5) is 12.2. The van der Waals surface area contributed by atoms with E-state index in [0.29, 0.717) is 32.1 Å². The fourth-order valence-electron chi connectivity index (χ4n) is 5.62. The number of carbonyl (C=O) groups excluding carboxylic acids is 1. The highest BCUT2D eigenvalue weighted by Crippen LogP contribution is 2.70. The highest BCUT2D eigenvalue weighted by Gasteiger charge is 2.75. The molecule has 25 heavy (non-hydrogen) atoms. The Kier molecular flexibility index (Phi) is 4.07. The zero-order valence-corrected chi connectivity index (χ0v) is 13.9. The average Bonchev–Trinajstić information content (AvgIpc) is 3.10. The van der Waals surface area contributed by atoms with Gasteiger partial charge in [0.2, 0.25) is 0 Å². The Labute approximate surface area is 142 Å². The van der Waals surface area contributed by atoms with Crippen LogP contribution >= 0.6 is 0 Å². The van der Waals surface area contributed by atoms with Crippen molar-refractivity contribution in [2.75, 3.05) is 0 Å². The Morgan fingerprint density at radius 2 is 1.60 bits per heavy atom. The molecule has 0 radical (unpaired) electrons. The highest BCUT2D eigenvalue weighted by molar-refractivity contribution is 5.83. The molecule has 0 heterocycles. The third-order valence-electron chi connectivity index (χ3n) is 7.04. The van der Waals surface area contributed by atoms with Gasteiger partial charge in [0.05, 0.1) is 0 Å². The van der Waals surface area contributed by atoms with Gasteiger partial charge in [0.15, 0.2) is 0 Å². The minimum Gasteiger partial charge on any atom is -0.374 e. The fraction of sp³-hybridized carbons (Fsp3) is 0.941. The minimum absolute atomic E-state index is 0.0777. The lowest BCUT2D eigenvalue weighted by molar-refractivity contribution is -0.375. The molecular formula is C17H22F6O2. The van der Waals surface area contributed by atoms with Crippen molar-refractivity contribution in [1.29, 1.82) is 0 Å². The quantitative estimate of drug-likeness (QED) is 0.723. The van der Waals surface area contributed by atoms with Crippen LogP contribution in [0.3, 0.4) is 0 Å². The molecule has 0 aliphatic heterocycles. The maximum atomic E-state index is 13.1. The summed E-state index contributed by atoms with van der Waals surface area (Å²) >= 11 is 0. The molecule has 0 aromatic carbocycles. The second-order valence-corrected chi connectivity index (χ2v) is 8.40. The second-order valence-electron chi connectivity index (χ2n) is 8.40. The number of rotatable bonds is 3. The lowest BCUT2D eigenvalue weighted by atomic mass is 9.59. The number of halogens is 6. The number of aliphatic hydroxyl groups is 1. The Morgan fingerprint density at radius 3 is 2.08 bits per heavy atom. The molecule has 0 aromatic rings. The van der Waals surface area contributed by atoms with E-state index in [1.54, 1.807) is 0 Å². The first-order valence-electron chi connectivity index (χ1n) is 8.65. The molecule has 0 aromatic heterocycles. The van der Waals surface area contributed by atoms with Crippen molar-refractivity contribution in [3.63, 3.8) is 0 Å². The number of ketones is 1. The molecule has 3 aliphatic carbocycles. The lowest BCUT2D eigenvalue weighted by Crippen LogP contribution is -2.59. The van der Waals surface area contributed by atoms with Crippen LogP contribution in [0.2, 0.25) is 0 Å². The standard InChI is InChI=1S/C17H22F6O2/c1-13-6-2-3-11(24)10(13)4-5-12(13)14(7-8-14)9-15(25,16(18,19)20)17(21,22)23/h10,12,25H,2-9H2,1H3/t10?,12?,13-/m0/s1. The average molecular weight is 372 g/mol. The summed E-state index contributed by atoms with van der Waals surface area (Å²) in [5.41, 5.74) is -6.42. The smallest absolute Gasteiger partial charge is 0.374 e. The van der Waals surface area contributed by atoms with Crippen LogP contribution < -0.4 is 0 Å². The maximum Gasteiger partial charge on any atom is 0.426 e. The zero-order chi connectivity index (χ0) is 18.9. The maximum absolute atomic E-state index is 13.1. The Morgan fingerprint density at radius 1 is 1.04 bits per heavy atom. The molecule has 3 aliphatic rings. The Bertz CT molecular complexity index is 548. The molecule has 3 saturated carbocycles. The van der Waals surface area contributed by atoms with E-state index in [9.17, 15) is 36.2 Å². The molecule has 3 fully saturated rings. The summed E-state index contributed by atoms with van der Waals surface area (Å²) in [6, 6.07) is 0. The molecule has 0 amide bonds. The molecule has 1 N–H and O–H groups in total. The minimum atomic E-state index is -5.78. The van der Waals surface area contributed by atoms with E-state index < -0.39 is 35.2 Å². The van der Waals surface area contributed by atoms with Crippen molar-refractivity contribution in [1.82, 2.24) is 0 Å². The third-order valence-corrected chi connectivity index (χ3v) is 7.04. The van der Waals surface area contributed by atoms with E-state index >= 15 is 0 Å². The van der Waals surface area contributed by atoms with Gasteiger partial charge in [-0.05, 0) is 55.3 Å². The number of alkyl halides is 6. The van der Waals surface area contributed by atoms with Gasteiger partial charge >= 0.3 is 12.4 Å². The third kappa shape index (κ3) is 2.70. The van der Waals surface area contributed by atoms with Gasteiger partial charge in [-0.1, -0.05) is 6.92 Å². The summed E-state index contributed by atoms with van der Waals surface area (Å²) in [6.07, 6.45) is -9.73. The zero-order valence-electron chi connectivity index (χ0n) is 13.9. The topological polar surface area (TPSA) is 37.3 Å². The van der Waals surface area contributed by atoms with Crippen molar-refractivity contribution < 1.29 is 36.2 Å². The molecule has 0 bridgehead atoms. The molecule has 8 heteroatoms. The molecule has 2 nitrogen and oxygen atoms in total. The van der Waals surface area contributed by atoms with Crippen LogP contribution in [0.5, 0.6) is 0 Å². The number of Topliss-reactive ketones (excluding diaryl/α,β-unsaturated/α-hetero) is 1. The van der Waals surface area contributed by atoms with E-state index in [1.807, 2.05) is 6.92 Å². The SMILES string of the molecule is C[C@]12CCCC(=O)C1CCC2C1(CC(O)(C(F)(F)F)C(F)(F)F)CC1. The van der Waals surface area contributed by atoms with Gasteiger partial charge < -0.3 is 5.11 Å². The predicted molar refractivity (Wildman–Crippen MR) is 76.5 cm³/mol. The van der Waals surface area contributed by atoms with E-state index in [2.05, 4.69) is 0 Å². The molecular weight excluding hydrogens is 350 g/mol. The lowest BCUT2D eigenvalue weighted by Gasteiger charge is -2.45. The molecule has 144 valence electrons. The monoisotopic (exact) mass is 372 g/mol. The van der Waals surface area contributed by atoms with E-state index in [0.717, 1.165) is 0 Å². The van der Waals surface area contributed by atoms with Crippen molar-refractivity contribution >= 4 is 5.78 Å². The predicted octanol–water partition coefficient (Wildman–Crippen LogP) is 4.80. The fourth-order valence-corrected chi connectivity index (χ4v) is 5.62. The van der Waals surface area contributed by atoms with Crippen molar-refractivity contribution in [3.8, 4) is 0 Å². The van der Waals surface area contributed by atoms with Gasteiger partial charge in [-0.15, -0.1) is 0 Å². The molecule has 0 saturated heterocycles. The number of hydrogen-bond donors (Lipinski definition) is 1. The van der Waals surface area contributed by atoms with Gasteiger partial charge in [-0.3, -0.25) is 4.79 Å². The molecule has 3 rings (SSSR count). The van der Waals surface area contributed by atoms with E-state index in [4.69, 9.17) is 0 Å². The molecule has 3 atom stereocenters. The number of carbonyl (C=O) groups is 1. The molecule has 2 unspecified atom stereocenters. The normalized spacial score (nSPS) is 35.6. The number of fused-ring (bicyclic) bond motifs is 1. The van der Waals surface area contributed by atoms with Gasteiger partial charge in [0, 0.05) is 18.8 Å². The molecule has 0 spiro atoms. The Balaban J connectivity index is 1.91. The highest BCUT2D eigenvalue weighted by atomic mass is 19.4. The van der Waals surface area contributed by atoms with Crippen LogP contribution in [0, 0.1) is 22.7 Å². The summed E-state index contributed by atoms with van der Waals surface area (Å²) < 4.78 is 78.7. The first-order chi connectivity index (χ1) is 11.3. The van der Waals surface area contributed by atoms with Crippen molar-refractivity contribution in [2.45, 2.75) is 76.2 Å². The van der Waals surface area contributed by atoms with Crippen molar-refractivity contribution in [3.05, 3.63) is 0 Å². The van der Waals surface area contributed by atoms with Crippen molar-refractivity contribution in [2.24, 2.45) is 22.7 Å². The summed E-state index contributed by atoms with van der Waals surface area (Å²) in [6.45, 7) is 1.84. The van der Waals surface area contributed by atoms with E-state index in [-0.39, 0.29) is 30.5 Å². The second kappa shape index (κ2) is 5.36. The summed E-state index contributed by atoms with van der Waals surface area (Å²) in [7, 11) is 0.